The maximum Gasteiger partial charge on any atom is 0.311 e. The molecule has 1 rings (SSSR count). The fourth-order valence-electron chi connectivity index (χ4n) is 1.51. The number of rotatable bonds is 5. The fraction of sp³-hybridized carbons (Fsp3) is 0.500. The van der Waals surface area contributed by atoms with Gasteiger partial charge in [0, 0.05) is 24.6 Å². The Morgan fingerprint density at radius 2 is 2.10 bits per heavy atom. The molecule has 0 bridgehead atoms. The van der Waals surface area contributed by atoms with E-state index in [0.717, 1.165) is 0 Å². The van der Waals surface area contributed by atoms with Crippen LogP contribution in [0.15, 0.2) is 12.1 Å². The molecule has 0 atom stereocenters. The van der Waals surface area contributed by atoms with Gasteiger partial charge in [-0.05, 0) is 26.8 Å². The van der Waals surface area contributed by atoms with E-state index >= 15 is 0 Å². The molecule has 0 aromatic carbocycles. The van der Waals surface area contributed by atoms with Crippen molar-refractivity contribution in [3.8, 4) is 0 Å². The zero-order chi connectivity index (χ0) is 15.3. The summed E-state index contributed by atoms with van der Waals surface area (Å²) in [6, 6.07) is 2.73. The number of carbonyl (C=O) groups excluding carboxylic acids is 1. The number of anilines is 2. The molecule has 4 N–H and O–H groups in total. The van der Waals surface area contributed by atoms with Crippen LogP contribution in [0.1, 0.15) is 27.2 Å². The maximum atomic E-state index is 11.6. The molecule has 110 valence electrons. The number of pyridine rings is 1. The zero-order valence-corrected chi connectivity index (χ0v) is 11.8. The molecule has 0 spiro atoms. The predicted octanol–water partition coefficient (Wildman–Crippen LogP) is 1.29. The van der Waals surface area contributed by atoms with Crippen LogP contribution in [0, 0.1) is 10.1 Å². The Morgan fingerprint density at radius 1 is 1.45 bits per heavy atom. The van der Waals surface area contributed by atoms with Crippen molar-refractivity contribution >= 4 is 23.2 Å². The summed E-state index contributed by atoms with van der Waals surface area (Å²) in [7, 11) is 0. The van der Waals surface area contributed by atoms with Crippen LogP contribution in [0.3, 0.4) is 0 Å². The molecule has 0 radical (unpaired) electrons. The van der Waals surface area contributed by atoms with Crippen LogP contribution in [0.2, 0.25) is 0 Å². The van der Waals surface area contributed by atoms with E-state index in [2.05, 4.69) is 15.6 Å². The van der Waals surface area contributed by atoms with E-state index in [0.29, 0.717) is 12.4 Å². The van der Waals surface area contributed by atoms with Gasteiger partial charge in [-0.3, -0.25) is 14.9 Å². The first kappa shape index (κ1) is 15.7. The van der Waals surface area contributed by atoms with Crippen LogP contribution in [-0.2, 0) is 4.79 Å². The van der Waals surface area contributed by atoms with Crippen molar-refractivity contribution in [2.75, 3.05) is 17.6 Å². The lowest BCUT2D eigenvalue weighted by atomic mass is 10.1. The first-order valence-electron chi connectivity index (χ1n) is 6.15. The number of carbonyl (C=O) groups is 1. The summed E-state index contributed by atoms with van der Waals surface area (Å²) >= 11 is 0. The number of hydrogen-bond donors (Lipinski definition) is 3. The Hall–Kier alpha value is -2.38. The van der Waals surface area contributed by atoms with Crippen LogP contribution in [0.5, 0.6) is 0 Å². The number of nitrogens with one attached hydrogen (secondary N) is 2. The van der Waals surface area contributed by atoms with Gasteiger partial charge in [-0.1, -0.05) is 0 Å². The summed E-state index contributed by atoms with van der Waals surface area (Å²) in [5.41, 5.74) is 4.96. The van der Waals surface area contributed by atoms with E-state index in [1.807, 2.05) is 20.8 Å². The monoisotopic (exact) mass is 281 g/mol. The van der Waals surface area contributed by atoms with Crippen LogP contribution in [0.4, 0.5) is 17.3 Å². The van der Waals surface area contributed by atoms with Gasteiger partial charge in [-0.15, -0.1) is 0 Å². The van der Waals surface area contributed by atoms with Crippen molar-refractivity contribution in [1.29, 1.82) is 0 Å². The number of nitrogen functional groups attached to an aromatic ring is 1. The molecule has 0 saturated carbocycles. The summed E-state index contributed by atoms with van der Waals surface area (Å²) in [6.45, 7) is 6.07. The minimum absolute atomic E-state index is 0.0834. The first-order valence-corrected chi connectivity index (χ1v) is 6.15. The number of nitro groups is 1. The Balaban J connectivity index is 2.49. The van der Waals surface area contributed by atoms with Crippen LogP contribution >= 0.6 is 0 Å². The summed E-state index contributed by atoms with van der Waals surface area (Å²) in [4.78, 5) is 25.4. The Morgan fingerprint density at radius 3 is 2.60 bits per heavy atom. The van der Waals surface area contributed by atoms with E-state index in [1.165, 1.54) is 12.1 Å². The van der Waals surface area contributed by atoms with Gasteiger partial charge in [0.25, 0.3) is 0 Å². The number of nitrogens with two attached hydrogens (primary N) is 1. The van der Waals surface area contributed by atoms with Gasteiger partial charge in [-0.2, -0.15) is 0 Å². The van der Waals surface area contributed by atoms with Crippen molar-refractivity contribution in [2.24, 2.45) is 0 Å². The molecule has 0 aliphatic carbocycles. The second-order valence-electron chi connectivity index (χ2n) is 5.33. The van der Waals surface area contributed by atoms with Gasteiger partial charge in [-0.25, -0.2) is 4.98 Å². The van der Waals surface area contributed by atoms with Crippen molar-refractivity contribution < 1.29 is 9.72 Å². The number of hydrogen-bond acceptors (Lipinski definition) is 6. The van der Waals surface area contributed by atoms with Crippen LogP contribution in [0.25, 0.3) is 0 Å². The SMILES string of the molecule is CC(C)(C)NC(=O)CCNc1ccc([N+](=O)[O-])c(N)n1. The molecule has 1 aromatic rings. The molecule has 0 unspecified atom stereocenters. The molecule has 1 amide bonds. The summed E-state index contributed by atoms with van der Waals surface area (Å²) in [5, 5.41) is 16.3. The van der Waals surface area contributed by atoms with Gasteiger partial charge in [0.05, 0.1) is 4.92 Å². The zero-order valence-electron chi connectivity index (χ0n) is 11.8. The summed E-state index contributed by atoms with van der Waals surface area (Å²) in [6.07, 6.45) is 0.274. The highest BCUT2D eigenvalue weighted by atomic mass is 16.6. The molecular weight excluding hydrogens is 262 g/mol. The standard InChI is InChI=1S/C12H19N5O3/c1-12(2,3)16-10(18)6-7-14-9-5-4-8(17(19)20)11(13)15-9/h4-5H,6-7H2,1-3H3,(H,16,18)(H3,13,14,15). The van der Waals surface area contributed by atoms with E-state index in [-0.39, 0.29) is 29.4 Å². The Kier molecular flexibility index (Phi) is 4.84. The van der Waals surface area contributed by atoms with Crippen molar-refractivity contribution in [3.63, 3.8) is 0 Å². The molecule has 1 aromatic heterocycles. The van der Waals surface area contributed by atoms with E-state index in [9.17, 15) is 14.9 Å². The third kappa shape index (κ3) is 5.09. The third-order valence-electron chi connectivity index (χ3n) is 2.27. The van der Waals surface area contributed by atoms with Crippen LogP contribution < -0.4 is 16.4 Å². The highest BCUT2D eigenvalue weighted by molar-refractivity contribution is 5.77. The molecule has 0 saturated heterocycles. The molecule has 20 heavy (non-hydrogen) atoms. The largest absolute Gasteiger partial charge is 0.378 e. The van der Waals surface area contributed by atoms with E-state index in [4.69, 9.17) is 5.73 Å². The van der Waals surface area contributed by atoms with Crippen LogP contribution in [-0.4, -0.2) is 27.9 Å². The second kappa shape index (κ2) is 6.18. The third-order valence-corrected chi connectivity index (χ3v) is 2.27. The number of nitrogens with zero attached hydrogens (tertiary/aromatic N) is 2. The fourth-order valence-corrected chi connectivity index (χ4v) is 1.51. The molecule has 8 heteroatoms. The lowest BCUT2D eigenvalue weighted by molar-refractivity contribution is -0.384. The lowest BCUT2D eigenvalue weighted by Gasteiger charge is -2.20. The quantitative estimate of drug-likeness (QED) is 0.552. The Bertz CT molecular complexity index is 510. The van der Waals surface area contributed by atoms with E-state index < -0.39 is 4.92 Å². The summed E-state index contributed by atoms with van der Waals surface area (Å²) in [5.74, 6) is 0.163. The van der Waals surface area contributed by atoms with Gasteiger partial charge >= 0.3 is 5.69 Å². The highest BCUT2D eigenvalue weighted by Gasteiger charge is 2.14. The second-order valence-corrected chi connectivity index (χ2v) is 5.33. The Labute approximate surface area is 116 Å². The average Bonchev–Trinajstić information content (AvgIpc) is 2.25. The number of aromatic nitrogens is 1. The van der Waals surface area contributed by atoms with Crippen molar-refractivity contribution in [1.82, 2.24) is 10.3 Å². The molecule has 0 aliphatic rings. The van der Waals surface area contributed by atoms with Crippen molar-refractivity contribution in [3.05, 3.63) is 22.2 Å². The minimum atomic E-state index is -0.594. The topological polar surface area (TPSA) is 123 Å². The van der Waals surface area contributed by atoms with Gasteiger partial charge in [0.15, 0.2) is 0 Å². The minimum Gasteiger partial charge on any atom is -0.378 e. The highest BCUT2D eigenvalue weighted by Crippen LogP contribution is 2.20. The van der Waals surface area contributed by atoms with E-state index in [1.54, 1.807) is 0 Å². The summed E-state index contributed by atoms with van der Waals surface area (Å²) < 4.78 is 0. The predicted molar refractivity (Wildman–Crippen MR) is 76.3 cm³/mol. The molecule has 0 aliphatic heterocycles. The smallest absolute Gasteiger partial charge is 0.311 e. The molecule has 1 heterocycles. The lowest BCUT2D eigenvalue weighted by Crippen LogP contribution is -2.41. The average molecular weight is 281 g/mol. The normalized spacial score (nSPS) is 10.9. The van der Waals surface area contributed by atoms with Gasteiger partial charge < -0.3 is 16.4 Å². The van der Waals surface area contributed by atoms with Crippen molar-refractivity contribution in [2.45, 2.75) is 32.7 Å². The van der Waals surface area contributed by atoms with Gasteiger partial charge in [0.2, 0.25) is 11.7 Å². The number of amides is 1. The molecule has 0 fully saturated rings. The van der Waals surface area contributed by atoms with Gasteiger partial charge in [0.1, 0.15) is 5.82 Å². The molecular formula is C12H19N5O3. The molecule has 8 nitrogen and oxygen atoms in total. The first-order chi connectivity index (χ1) is 9.19. The maximum absolute atomic E-state index is 11.6.